The van der Waals surface area contributed by atoms with Crippen molar-refractivity contribution in [2.24, 2.45) is 5.92 Å². The maximum Gasteiger partial charge on any atom is 0.157 e. The lowest BCUT2D eigenvalue weighted by molar-refractivity contribution is -0.224. The lowest BCUT2D eigenvalue weighted by Gasteiger charge is -2.08. The van der Waals surface area contributed by atoms with Crippen LogP contribution in [0.4, 0.5) is 0 Å². The van der Waals surface area contributed by atoms with Crippen LogP contribution in [0.25, 0.3) is 0 Å². The number of hydroxylamine groups is 1. The average molecular weight is 479 g/mol. The maximum absolute atomic E-state index is 11.3. The first-order valence-corrected chi connectivity index (χ1v) is 9.57. The summed E-state index contributed by atoms with van der Waals surface area (Å²) in [6, 6.07) is 0. The Labute approximate surface area is 165 Å². The van der Waals surface area contributed by atoms with Crippen molar-refractivity contribution >= 4 is 28.8 Å². The van der Waals surface area contributed by atoms with E-state index in [4.69, 9.17) is 18.9 Å². The van der Waals surface area contributed by atoms with Crippen LogP contribution in [-0.4, -0.2) is 65.2 Å². The van der Waals surface area contributed by atoms with Crippen LogP contribution >= 0.6 is 23.0 Å². The molecule has 8 nitrogen and oxygen atoms in total. The minimum atomic E-state index is 0.0746. The molecule has 1 N–H and O–H groups in total. The van der Waals surface area contributed by atoms with Gasteiger partial charge in [0.15, 0.2) is 23.0 Å². The van der Waals surface area contributed by atoms with Gasteiger partial charge >= 0.3 is 0 Å². The van der Waals surface area contributed by atoms with Crippen LogP contribution in [0.1, 0.15) is 34.1 Å². The molecule has 25 heavy (non-hydrogen) atoms. The fraction of sp³-hybridized carbons (Fsp3) is 0.938. The molecule has 0 aromatic rings. The fourth-order valence-electron chi connectivity index (χ4n) is 1.40. The number of halogens is 1. The summed E-state index contributed by atoms with van der Waals surface area (Å²) in [6.45, 7) is 12.3. The zero-order chi connectivity index (χ0) is 19.2. The highest BCUT2D eigenvalue weighted by Crippen LogP contribution is 1.98. The predicted molar refractivity (Wildman–Crippen MR) is 103 cm³/mol. The Hall–Kier alpha value is 0.120. The second-order valence-corrected chi connectivity index (χ2v) is 5.22. The van der Waals surface area contributed by atoms with Gasteiger partial charge < -0.3 is 18.9 Å². The minimum absolute atomic E-state index is 0.0746. The Balaban J connectivity index is 0. The summed E-state index contributed by atoms with van der Waals surface area (Å²) in [5, 5.41) is 0. The predicted octanol–water partition coefficient (Wildman–Crippen LogP) is 2.50. The molecule has 0 unspecified atom stereocenters. The maximum atomic E-state index is 11.3. The molecule has 0 aliphatic rings. The Bertz CT molecular complexity index is 271. The van der Waals surface area contributed by atoms with Crippen LogP contribution in [-0.2, 0) is 31.9 Å². The number of hydrogen-bond donors (Lipinski definition) is 1. The lowest BCUT2D eigenvalue weighted by Crippen LogP contribution is -2.20. The summed E-state index contributed by atoms with van der Waals surface area (Å²) >= 11 is 1.61. The van der Waals surface area contributed by atoms with Gasteiger partial charge in [-0.15, -0.1) is 8.21 Å². The highest BCUT2D eigenvalue weighted by molar-refractivity contribution is 14.1. The normalized spacial score (nSPS) is 10.6. The van der Waals surface area contributed by atoms with E-state index in [0.29, 0.717) is 65.8 Å². The first kappa shape index (κ1) is 27.3. The van der Waals surface area contributed by atoms with Gasteiger partial charge in [0.25, 0.3) is 0 Å². The highest BCUT2D eigenvalue weighted by Gasteiger charge is 2.05. The van der Waals surface area contributed by atoms with Gasteiger partial charge in [-0.05, 0) is 0 Å². The zero-order valence-corrected chi connectivity index (χ0v) is 18.0. The first-order chi connectivity index (χ1) is 12.2. The summed E-state index contributed by atoms with van der Waals surface area (Å²) in [7, 11) is 0. The molecular weight excluding hydrogens is 445 g/mol. The molecule has 0 atom stereocenters. The second-order valence-electron chi connectivity index (χ2n) is 4.86. The van der Waals surface area contributed by atoms with Crippen LogP contribution in [0.3, 0.4) is 0 Å². The third kappa shape index (κ3) is 24.1. The smallest absolute Gasteiger partial charge is 0.157 e. The number of carbonyl (C=O) groups excluding carboxylic acids is 1. The molecule has 0 fully saturated rings. The first-order valence-electron chi connectivity index (χ1n) is 8.69. The SMILES string of the molecule is CC.CC(C)C(=O)CCOCCOCCOCCOCCNOOI. The van der Waals surface area contributed by atoms with Crippen LogP contribution in [0, 0.1) is 5.92 Å². The van der Waals surface area contributed by atoms with Gasteiger partial charge in [0, 0.05) is 18.9 Å². The molecule has 9 heteroatoms. The molecule has 0 aliphatic carbocycles. The number of carbonyl (C=O) groups is 1. The van der Waals surface area contributed by atoms with Crippen molar-refractivity contribution in [2.75, 3.05) is 59.4 Å². The molecule has 0 aromatic heterocycles. The van der Waals surface area contributed by atoms with E-state index in [9.17, 15) is 4.79 Å². The molecule has 0 aliphatic heterocycles. The molecule has 0 saturated heterocycles. The van der Waals surface area contributed by atoms with Gasteiger partial charge in [-0.25, -0.2) is 0 Å². The monoisotopic (exact) mass is 479 g/mol. The fourth-order valence-corrected chi connectivity index (χ4v) is 1.53. The number of nitrogens with one attached hydrogen (secondary N) is 1. The molecule has 0 saturated carbocycles. The van der Waals surface area contributed by atoms with E-state index >= 15 is 0 Å². The number of ether oxygens (including phenoxy) is 4. The molecule has 0 heterocycles. The van der Waals surface area contributed by atoms with E-state index in [1.807, 2.05) is 27.7 Å². The van der Waals surface area contributed by atoms with Crippen molar-refractivity contribution in [1.29, 1.82) is 0 Å². The van der Waals surface area contributed by atoms with Gasteiger partial charge in [0.05, 0.1) is 52.9 Å². The van der Waals surface area contributed by atoms with Gasteiger partial charge in [-0.3, -0.25) is 4.79 Å². The van der Waals surface area contributed by atoms with E-state index in [1.54, 1.807) is 23.0 Å². The van der Waals surface area contributed by atoms with Crippen molar-refractivity contribution in [3.8, 4) is 0 Å². The van der Waals surface area contributed by atoms with Crippen LogP contribution < -0.4 is 5.48 Å². The second kappa shape index (κ2) is 24.1. The van der Waals surface area contributed by atoms with Crippen LogP contribution in [0.2, 0.25) is 0 Å². The van der Waals surface area contributed by atoms with Crippen molar-refractivity contribution in [2.45, 2.75) is 34.1 Å². The molecule has 0 amide bonds. The van der Waals surface area contributed by atoms with E-state index in [2.05, 4.69) is 13.7 Å². The third-order valence-electron chi connectivity index (χ3n) is 2.69. The van der Waals surface area contributed by atoms with E-state index in [-0.39, 0.29) is 11.7 Å². The summed E-state index contributed by atoms with van der Waals surface area (Å²) in [5.41, 5.74) is 2.54. The summed E-state index contributed by atoms with van der Waals surface area (Å²) in [4.78, 5) is 15.8. The number of Topliss-reactive ketones (excluding diaryl/α,β-unsaturated/α-hetero) is 1. The standard InChI is InChI=1S/C14H28INO7.C2H6/c1-13(2)14(17)3-5-18-7-9-20-11-12-21-10-8-19-6-4-16-23-22-15;1-2/h13,16H,3-12H2,1-2H3;1-2H3. The Morgan fingerprint density at radius 2 is 1.28 bits per heavy atom. The van der Waals surface area contributed by atoms with Gasteiger partial charge in [-0.2, -0.15) is 5.48 Å². The topological polar surface area (TPSA) is 84.5 Å². The highest BCUT2D eigenvalue weighted by atomic mass is 127. The lowest BCUT2D eigenvalue weighted by atomic mass is 10.1. The van der Waals surface area contributed by atoms with Crippen LogP contribution in [0.15, 0.2) is 0 Å². The molecule has 152 valence electrons. The van der Waals surface area contributed by atoms with Gasteiger partial charge in [0.2, 0.25) is 0 Å². The Morgan fingerprint density at radius 1 is 0.840 bits per heavy atom. The molecular formula is C16H34INO7. The van der Waals surface area contributed by atoms with E-state index in [1.165, 1.54) is 0 Å². The van der Waals surface area contributed by atoms with Crippen molar-refractivity contribution in [1.82, 2.24) is 5.48 Å². The molecule has 0 radical (unpaired) electrons. The summed E-state index contributed by atoms with van der Waals surface area (Å²) in [6.07, 6.45) is 0.466. The number of ketones is 1. The number of hydrogen-bond acceptors (Lipinski definition) is 8. The average Bonchev–Trinajstić information content (AvgIpc) is 2.62. The summed E-state index contributed by atoms with van der Waals surface area (Å²) < 4.78 is 25.6. The van der Waals surface area contributed by atoms with E-state index in [0.717, 1.165) is 0 Å². The van der Waals surface area contributed by atoms with Crippen molar-refractivity contribution in [3.63, 3.8) is 0 Å². The Kier molecular flexibility index (Phi) is 26.4. The molecule has 0 bridgehead atoms. The van der Waals surface area contributed by atoms with Crippen LogP contribution in [0.5, 0.6) is 0 Å². The van der Waals surface area contributed by atoms with Crippen molar-refractivity contribution in [3.05, 3.63) is 0 Å². The molecule has 0 spiro atoms. The summed E-state index contributed by atoms with van der Waals surface area (Å²) in [5.74, 6) is 0.300. The zero-order valence-electron chi connectivity index (χ0n) is 15.9. The quantitative estimate of drug-likeness (QED) is 0.139. The third-order valence-corrected chi connectivity index (χ3v) is 2.87. The molecule has 0 rings (SSSR count). The Morgan fingerprint density at radius 3 is 1.72 bits per heavy atom. The van der Waals surface area contributed by atoms with E-state index < -0.39 is 0 Å². The van der Waals surface area contributed by atoms with Gasteiger partial charge in [0.1, 0.15) is 5.78 Å². The minimum Gasteiger partial charge on any atom is -0.379 e. The van der Waals surface area contributed by atoms with Crippen molar-refractivity contribution < 1.29 is 31.9 Å². The largest absolute Gasteiger partial charge is 0.379 e. The number of rotatable bonds is 18. The van der Waals surface area contributed by atoms with Gasteiger partial charge in [-0.1, -0.05) is 27.7 Å². The molecule has 0 aromatic carbocycles.